The van der Waals surface area contributed by atoms with Crippen molar-refractivity contribution in [2.75, 3.05) is 5.32 Å². The van der Waals surface area contributed by atoms with Gasteiger partial charge in [0.05, 0.1) is 16.2 Å². The molecule has 5 nitrogen and oxygen atoms in total. The van der Waals surface area contributed by atoms with Crippen LogP contribution in [0.3, 0.4) is 0 Å². The minimum Gasteiger partial charge on any atom is -0.325 e. The second-order valence-corrected chi connectivity index (χ2v) is 8.71. The fourth-order valence-electron chi connectivity index (χ4n) is 3.30. The molecule has 1 aromatic heterocycles. The van der Waals surface area contributed by atoms with E-state index in [1.165, 1.54) is 11.8 Å². The number of fused-ring (bicyclic) bond motifs is 1. The average Bonchev–Trinajstić information content (AvgIpc) is 2.69. The molecule has 3 rings (SSSR count). The molecular formula is C23H27N3O2S. The summed E-state index contributed by atoms with van der Waals surface area (Å²) in [7, 11) is 0. The van der Waals surface area contributed by atoms with Gasteiger partial charge in [0, 0.05) is 12.2 Å². The summed E-state index contributed by atoms with van der Waals surface area (Å²) < 4.78 is 1.63. The molecule has 1 amide bonds. The fraction of sp³-hybridized carbons (Fsp3) is 0.348. The SMILES string of the molecule is CCn1c(S[C@H](C)C(=O)Nc2c(C)cccc2C(C)C)nc2ccccc2c1=O. The largest absolute Gasteiger partial charge is 0.325 e. The summed E-state index contributed by atoms with van der Waals surface area (Å²) in [6.07, 6.45) is 0. The summed E-state index contributed by atoms with van der Waals surface area (Å²) >= 11 is 1.31. The maximum atomic E-state index is 12.9. The zero-order chi connectivity index (χ0) is 21.1. The third-order valence-electron chi connectivity index (χ3n) is 4.97. The maximum Gasteiger partial charge on any atom is 0.262 e. The zero-order valence-electron chi connectivity index (χ0n) is 17.5. The van der Waals surface area contributed by atoms with Crippen LogP contribution >= 0.6 is 11.8 Å². The van der Waals surface area contributed by atoms with Crippen LogP contribution in [0.25, 0.3) is 10.9 Å². The Kier molecular flexibility index (Phi) is 6.42. The summed E-state index contributed by atoms with van der Waals surface area (Å²) in [5.74, 6) is 0.205. The molecule has 0 aliphatic rings. The number of hydrogen-bond acceptors (Lipinski definition) is 4. The molecule has 1 heterocycles. The molecule has 152 valence electrons. The highest BCUT2D eigenvalue weighted by atomic mass is 32.2. The van der Waals surface area contributed by atoms with E-state index in [2.05, 4.69) is 24.1 Å². The van der Waals surface area contributed by atoms with Crippen molar-refractivity contribution in [1.82, 2.24) is 9.55 Å². The highest BCUT2D eigenvalue weighted by Crippen LogP contribution is 2.29. The highest BCUT2D eigenvalue weighted by molar-refractivity contribution is 8.00. The Labute approximate surface area is 175 Å². The van der Waals surface area contributed by atoms with Gasteiger partial charge in [0.1, 0.15) is 0 Å². The van der Waals surface area contributed by atoms with Gasteiger partial charge in [-0.05, 0) is 49.9 Å². The lowest BCUT2D eigenvalue weighted by atomic mass is 9.98. The van der Waals surface area contributed by atoms with E-state index < -0.39 is 5.25 Å². The fourth-order valence-corrected chi connectivity index (χ4v) is 4.27. The van der Waals surface area contributed by atoms with Crippen molar-refractivity contribution in [2.45, 2.75) is 57.5 Å². The van der Waals surface area contributed by atoms with Gasteiger partial charge in [-0.15, -0.1) is 0 Å². The van der Waals surface area contributed by atoms with Crippen LogP contribution in [0.1, 0.15) is 44.7 Å². The molecule has 0 bridgehead atoms. The first-order valence-corrected chi connectivity index (χ1v) is 10.8. The summed E-state index contributed by atoms with van der Waals surface area (Å²) in [4.78, 5) is 30.4. The van der Waals surface area contributed by atoms with Crippen molar-refractivity contribution in [3.8, 4) is 0 Å². The van der Waals surface area contributed by atoms with Crippen LogP contribution in [0.4, 0.5) is 5.69 Å². The van der Waals surface area contributed by atoms with E-state index in [0.717, 1.165) is 16.8 Å². The van der Waals surface area contributed by atoms with E-state index in [0.29, 0.717) is 28.5 Å². The van der Waals surface area contributed by atoms with Gasteiger partial charge in [0.15, 0.2) is 5.16 Å². The number of rotatable bonds is 6. The molecule has 0 saturated carbocycles. The molecule has 0 spiro atoms. The van der Waals surface area contributed by atoms with Gasteiger partial charge in [0.2, 0.25) is 5.91 Å². The molecule has 1 N–H and O–H groups in total. The molecule has 6 heteroatoms. The smallest absolute Gasteiger partial charge is 0.262 e. The lowest BCUT2D eigenvalue weighted by molar-refractivity contribution is -0.115. The monoisotopic (exact) mass is 409 g/mol. The van der Waals surface area contributed by atoms with Crippen LogP contribution in [0.2, 0.25) is 0 Å². The van der Waals surface area contributed by atoms with Gasteiger partial charge < -0.3 is 5.32 Å². The summed E-state index contributed by atoms with van der Waals surface area (Å²) in [6.45, 7) is 10.5. The molecule has 0 aliphatic carbocycles. The summed E-state index contributed by atoms with van der Waals surface area (Å²) in [5, 5.41) is 3.85. The molecular weight excluding hydrogens is 382 g/mol. The Morgan fingerprint density at radius 2 is 1.86 bits per heavy atom. The Morgan fingerprint density at radius 1 is 1.14 bits per heavy atom. The molecule has 1 atom stereocenters. The summed E-state index contributed by atoms with van der Waals surface area (Å²) in [5.41, 5.74) is 3.60. The Balaban J connectivity index is 1.89. The number of carbonyl (C=O) groups excluding carboxylic acids is 1. The first-order valence-electron chi connectivity index (χ1n) is 9.90. The van der Waals surface area contributed by atoms with Crippen molar-refractivity contribution in [3.63, 3.8) is 0 Å². The second kappa shape index (κ2) is 8.82. The van der Waals surface area contributed by atoms with Crippen LogP contribution in [0, 0.1) is 6.92 Å². The van der Waals surface area contributed by atoms with Crippen LogP contribution in [0.5, 0.6) is 0 Å². The molecule has 0 unspecified atom stereocenters. The number of nitrogens with one attached hydrogen (secondary N) is 1. The second-order valence-electron chi connectivity index (χ2n) is 7.40. The molecule has 0 saturated heterocycles. The van der Waals surface area contributed by atoms with E-state index in [1.807, 2.05) is 57.2 Å². The normalized spacial score (nSPS) is 12.3. The maximum absolute atomic E-state index is 12.9. The van der Waals surface area contributed by atoms with E-state index >= 15 is 0 Å². The van der Waals surface area contributed by atoms with Crippen LogP contribution in [-0.4, -0.2) is 20.7 Å². The van der Waals surface area contributed by atoms with E-state index in [4.69, 9.17) is 0 Å². The zero-order valence-corrected chi connectivity index (χ0v) is 18.3. The van der Waals surface area contributed by atoms with E-state index in [9.17, 15) is 9.59 Å². The number of nitrogens with zero attached hydrogens (tertiary/aromatic N) is 2. The van der Waals surface area contributed by atoms with E-state index in [1.54, 1.807) is 10.6 Å². The third kappa shape index (κ3) is 4.37. The predicted molar refractivity (Wildman–Crippen MR) is 121 cm³/mol. The highest BCUT2D eigenvalue weighted by Gasteiger charge is 2.21. The molecule has 3 aromatic rings. The average molecular weight is 410 g/mol. The number of benzene rings is 2. The first-order chi connectivity index (χ1) is 13.8. The van der Waals surface area contributed by atoms with Crippen molar-refractivity contribution in [3.05, 3.63) is 63.9 Å². The predicted octanol–water partition coefficient (Wildman–Crippen LogP) is 4.97. The van der Waals surface area contributed by atoms with Crippen molar-refractivity contribution in [2.24, 2.45) is 0 Å². The number of carbonyl (C=O) groups is 1. The molecule has 29 heavy (non-hydrogen) atoms. The number of aromatic nitrogens is 2. The Bertz CT molecular complexity index is 1100. The van der Waals surface area contributed by atoms with Gasteiger partial charge >= 0.3 is 0 Å². The summed E-state index contributed by atoms with van der Waals surface area (Å²) in [6, 6.07) is 13.4. The van der Waals surface area contributed by atoms with E-state index in [-0.39, 0.29) is 11.5 Å². The van der Waals surface area contributed by atoms with Crippen LogP contribution in [0.15, 0.2) is 52.4 Å². The minimum absolute atomic E-state index is 0.0748. The van der Waals surface area contributed by atoms with Crippen molar-refractivity contribution < 1.29 is 4.79 Å². The lowest BCUT2D eigenvalue weighted by Crippen LogP contribution is -2.27. The molecule has 0 fully saturated rings. The lowest BCUT2D eigenvalue weighted by Gasteiger charge is -2.19. The van der Waals surface area contributed by atoms with Gasteiger partial charge in [-0.25, -0.2) is 4.98 Å². The first kappa shape index (κ1) is 21.1. The number of anilines is 1. The Hall–Kier alpha value is -2.60. The number of thioether (sulfide) groups is 1. The third-order valence-corrected chi connectivity index (χ3v) is 6.06. The number of amides is 1. The van der Waals surface area contributed by atoms with Crippen molar-refractivity contribution in [1.29, 1.82) is 0 Å². The van der Waals surface area contributed by atoms with Gasteiger partial charge in [-0.1, -0.05) is 55.9 Å². The minimum atomic E-state index is -0.402. The molecule has 0 aliphatic heterocycles. The van der Waals surface area contributed by atoms with Crippen LogP contribution in [-0.2, 0) is 11.3 Å². The molecule has 0 radical (unpaired) electrons. The van der Waals surface area contributed by atoms with Gasteiger partial charge in [0.25, 0.3) is 5.56 Å². The topological polar surface area (TPSA) is 64.0 Å². The number of aryl methyl sites for hydroxylation is 1. The number of hydrogen-bond donors (Lipinski definition) is 1. The standard InChI is InChI=1S/C23H27N3O2S/c1-6-26-22(28)18-11-7-8-13-19(18)24-23(26)29-16(5)21(27)25-20-15(4)10-9-12-17(20)14(2)3/h7-14,16H,6H2,1-5H3,(H,25,27)/t16-/m1/s1. The quantitative estimate of drug-likeness (QED) is 0.461. The van der Waals surface area contributed by atoms with Crippen molar-refractivity contribution >= 4 is 34.3 Å². The number of para-hydroxylation sites is 2. The van der Waals surface area contributed by atoms with Gasteiger partial charge in [-0.2, -0.15) is 0 Å². The van der Waals surface area contributed by atoms with Crippen LogP contribution < -0.4 is 10.9 Å². The molecule has 2 aromatic carbocycles. The van der Waals surface area contributed by atoms with Gasteiger partial charge in [-0.3, -0.25) is 14.2 Å². The Morgan fingerprint density at radius 3 is 2.55 bits per heavy atom.